The Labute approximate surface area is 198 Å². The number of hydrogen-bond acceptors (Lipinski definition) is 19. The molecule has 21 heteroatoms. The maximum Gasteiger partial charge on any atom is 0.353 e. The van der Waals surface area contributed by atoms with E-state index in [4.69, 9.17) is 4.74 Å². The summed E-state index contributed by atoms with van der Waals surface area (Å²) in [5, 5.41) is 34.1. The summed E-state index contributed by atoms with van der Waals surface area (Å²) in [5.41, 5.74) is 0. The molecule has 3 rings (SSSR count). The van der Waals surface area contributed by atoms with Crippen molar-refractivity contribution in [1.82, 2.24) is 9.79 Å². The van der Waals surface area contributed by atoms with Crippen LogP contribution in [0, 0.1) is 0 Å². The van der Waals surface area contributed by atoms with Gasteiger partial charge >= 0.3 is 17.8 Å². The Morgan fingerprint density at radius 3 is 2.29 bits per heavy atom. The number of carbonyl (C=O) groups excluding carboxylic acids is 4. The van der Waals surface area contributed by atoms with Crippen molar-refractivity contribution in [3.05, 3.63) is 24.5 Å². The number of imide groups is 1. The Bertz CT molecular complexity index is 821. The highest BCUT2D eigenvalue weighted by Gasteiger charge is 2.72. The van der Waals surface area contributed by atoms with Crippen molar-refractivity contribution in [2.45, 2.75) is 12.3 Å². The first-order valence-corrected chi connectivity index (χ1v) is 9.57. The fourth-order valence-electron chi connectivity index (χ4n) is 2.74. The summed E-state index contributed by atoms with van der Waals surface area (Å²) >= 11 is 3.40. The lowest BCUT2D eigenvalue weighted by Crippen LogP contribution is -2.39. The molecule has 194 valence electrons. The van der Waals surface area contributed by atoms with Crippen molar-refractivity contribution in [3.63, 3.8) is 0 Å². The van der Waals surface area contributed by atoms with Gasteiger partial charge in [0.25, 0.3) is 5.91 Å². The summed E-state index contributed by atoms with van der Waals surface area (Å²) in [5.74, 6) is -1.97. The third-order valence-corrected chi connectivity index (χ3v) is 4.43. The number of ether oxygens (including phenoxy) is 1. The van der Waals surface area contributed by atoms with Crippen LogP contribution in [0.4, 0.5) is 0 Å². The number of rotatable bonds is 18. The molecular formula is C14H16N3O17S+. The van der Waals surface area contributed by atoms with Gasteiger partial charge in [-0.05, 0) is 20.2 Å². The summed E-state index contributed by atoms with van der Waals surface area (Å²) in [4.78, 5) is 62.7. The van der Waals surface area contributed by atoms with Gasteiger partial charge in [-0.1, -0.05) is 17.7 Å². The van der Waals surface area contributed by atoms with Gasteiger partial charge in [-0.25, -0.2) is 19.3 Å². The van der Waals surface area contributed by atoms with Crippen LogP contribution in [-0.4, -0.2) is 71.6 Å². The molecule has 0 aromatic rings. The molecule has 3 aliphatic heterocycles. The summed E-state index contributed by atoms with van der Waals surface area (Å²) in [7, 11) is 0. The second-order valence-electron chi connectivity index (χ2n) is 6.24. The van der Waals surface area contributed by atoms with E-state index < -0.39 is 22.7 Å². The molecule has 2 saturated heterocycles. The fourth-order valence-corrected chi connectivity index (χ4v) is 2.83. The molecular weight excluding hydrogens is 514 g/mol. The second-order valence-corrected chi connectivity index (χ2v) is 6.42. The first kappa shape index (κ1) is 27.0. The Morgan fingerprint density at radius 1 is 1.00 bits per heavy atom. The van der Waals surface area contributed by atoms with Gasteiger partial charge in [-0.3, -0.25) is 4.79 Å². The lowest BCUT2D eigenvalue weighted by Gasteiger charge is -2.08. The van der Waals surface area contributed by atoms with Crippen molar-refractivity contribution in [3.8, 4) is 0 Å². The number of thiol groups is 1. The molecule has 35 heavy (non-hydrogen) atoms. The Hall–Kier alpha value is -2.61. The van der Waals surface area contributed by atoms with Gasteiger partial charge in [0.15, 0.2) is 12.8 Å². The molecule has 0 bridgehead atoms. The van der Waals surface area contributed by atoms with E-state index in [1.54, 1.807) is 0 Å². The number of hydrogen-bond donors (Lipinski definition) is 2. The van der Waals surface area contributed by atoms with Crippen LogP contribution in [0.2, 0.25) is 0 Å². The average molecular weight is 530 g/mol. The number of nitrogens with zero attached hydrogens (tertiary/aromatic N) is 2. The third-order valence-electron chi connectivity index (χ3n) is 4.34. The maximum absolute atomic E-state index is 12.4. The van der Waals surface area contributed by atoms with E-state index in [0.717, 1.165) is 6.08 Å². The predicted octanol–water partition coefficient (Wildman–Crippen LogP) is -2.27. The molecule has 1 spiro atoms. The van der Waals surface area contributed by atoms with Crippen LogP contribution in [0.5, 0.6) is 0 Å². The summed E-state index contributed by atoms with van der Waals surface area (Å²) in [6.07, 6.45) is 3.34. The SMILES string of the molecule is O=C(/C=C\OOOOOOOOOOOCCOC1CN1C(=O)C1C[N+]12C(=O)C=CC2=O)ONS. The number of quaternary nitrogens is 1. The highest BCUT2D eigenvalue weighted by molar-refractivity contribution is 7.77. The number of amides is 3. The zero-order valence-corrected chi connectivity index (χ0v) is 18.0. The van der Waals surface area contributed by atoms with Crippen molar-refractivity contribution >= 4 is 36.5 Å². The van der Waals surface area contributed by atoms with Crippen LogP contribution in [0.1, 0.15) is 0 Å². The van der Waals surface area contributed by atoms with E-state index in [9.17, 15) is 19.2 Å². The van der Waals surface area contributed by atoms with Crippen molar-refractivity contribution in [2.24, 2.45) is 0 Å². The summed E-state index contributed by atoms with van der Waals surface area (Å²) in [6.45, 7) is 0.331. The van der Waals surface area contributed by atoms with Crippen molar-refractivity contribution in [1.29, 1.82) is 0 Å². The zero-order chi connectivity index (χ0) is 25.1. The third kappa shape index (κ3) is 7.69. The monoisotopic (exact) mass is 530 g/mol. The molecule has 2 unspecified atom stereocenters. The minimum atomic E-state index is -0.864. The molecule has 3 heterocycles. The first-order chi connectivity index (χ1) is 17.0. The lowest BCUT2D eigenvalue weighted by atomic mass is 10.4. The molecule has 1 N–H and O–H groups in total. The number of carbonyl (C=O) groups is 4. The summed E-state index contributed by atoms with van der Waals surface area (Å²) < 4.78 is 4.88. The second kappa shape index (κ2) is 13.5. The van der Waals surface area contributed by atoms with Crippen molar-refractivity contribution in [2.75, 3.05) is 26.3 Å². The van der Waals surface area contributed by atoms with Crippen LogP contribution < -0.4 is 4.89 Å². The smallest absolute Gasteiger partial charge is 0.353 e. The van der Waals surface area contributed by atoms with E-state index in [1.165, 1.54) is 17.1 Å². The highest BCUT2D eigenvalue weighted by Crippen LogP contribution is 2.39. The average Bonchev–Trinajstić information content (AvgIpc) is 3.75. The fraction of sp³-hybridized carbons (Fsp3) is 0.429. The molecule has 0 saturated carbocycles. The topological polar surface area (TPSA) is 203 Å². The van der Waals surface area contributed by atoms with Gasteiger partial charge < -0.3 is 19.4 Å². The Balaban J connectivity index is 1.06. The van der Waals surface area contributed by atoms with E-state index >= 15 is 0 Å². The van der Waals surface area contributed by atoms with Gasteiger partial charge in [0.2, 0.25) is 6.04 Å². The highest BCUT2D eigenvalue weighted by atomic mass is 32.1. The van der Waals surface area contributed by atoms with Gasteiger partial charge in [-0.2, -0.15) is 4.48 Å². The molecule has 20 nitrogen and oxygen atoms in total. The van der Waals surface area contributed by atoms with Gasteiger partial charge in [0, 0.05) is 25.2 Å². The van der Waals surface area contributed by atoms with E-state index in [2.05, 4.69) is 72.8 Å². The molecule has 0 aliphatic carbocycles. The van der Waals surface area contributed by atoms with Gasteiger partial charge in [0.1, 0.15) is 12.9 Å². The largest absolute Gasteiger partial charge is 0.356 e. The quantitative estimate of drug-likeness (QED) is 0.0221. The van der Waals surface area contributed by atoms with Gasteiger partial charge in [-0.15, -0.1) is 0 Å². The zero-order valence-electron chi connectivity index (χ0n) is 17.1. The molecule has 3 amide bonds. The van der Waals surface area contributed by atoms with Gasteiger partial charge in [0.05, 0.1) is 31.4 Å². The molecule has 2 fully saturated rings. The van der Waals surface area contributed by atoms with Crippen LogP contribution >= 0.6 is 12.8 Å². The van der Waals surface area contributed by atoms with E-state index in [1.807, 2.05) is 4.89 Å². The Morgan fingerprint density at radius 2 is 1.63 bits per heavy atom. The molecule has 0 aromatic carbocycles. The van der Waals surface area contributed by atoms with Crippen LogP contribution in [0.25, 0.3) is 0 Å². The van der Waals surface area contributed by atoms with E-state index in [0.29, 0.717) is 12.8 Å². The molecule has 3 aliphatic rings. The van der Waals surface area contributed by atoms with Crippen LogP contribution in [0.3, 0.4) is 0 Å². The van der Waals surface area contributed by atoms with E-state index in [-0.39, 0.29) is 37.5 Å². The molecule has 2 atom stereocenters. The molecule has 0 radical (unpaired) electrons. The predicted molar refractivity (Wildman–Crippen MR) is 93.7 cm³/mol. The van der Waals surface area contributed by atoms with Crippen LogP contribution in [0.15, 0.2) is 24.5 Å². The Kier molecular flexibility index (Phi) is 10.4. The minimum absolute atomic E-state index is 0.00192. The lowest BCUT2D eigenvalue weighted by molar-refractivity contribution is -0.853. The first-order valence-electron chi connectivity index (χ1n) is 9.12. The minimum Gasteiger partial charge on any atom is -0.356 e. The number of nitrogens with one attached hydrogen (secondary N) is 1. The van der Waals surface area contributed by atoms with Crippen LogP contribution in [-0.2, 0) is 83.9 Å². The molecule has 0 aromatic heterocycles. The van der Waals surface area contributed by atoms with Crippen molar-refractivity contribution < 1.29 is 88.4 Å². The normalized spacial score (nSPS) is 21.8. The maximum atomic E-state index is 12.4. The summed E-state index contributed by atoms with van der Waals surface area (Å²) in [6, 6.07) is -0.705. The standard InChI is InChI=1S/C14H16N3O17S/c18-11-1-2-12(19)17(11)8-9(17)14(21)16-7-10(16)22-5-6-24-27-29-31-33-34-32-30-28-26-23-4-3-13(20)25-15-35/h1-4,9-10,15,35H,5-8H2/q+1/b4-3-.